The van der Waals surface area contributed by atoms with Gasteiger partial charge in [-0.3, -0.25) is 4.68 Å². The molecule has 0 unspecified atom stereocenters. The molecule has 0 fully saturated rings. The predicted octanol–water partition coefficient (Wildman–Crippen LogP) is 3.29. The van der Waals surface area contributed by atoms with Crippen molar-refractivity contribution in [2.75, 3.05) is 25.0 Å². The van der Waals surface area contributed by atoms with E-state index in [1.165, 1.54) is 0 Å². The van der Waals surface area contributed by atoms with Crippen LogP contribution in [-0.2, 0) is 11.3 Å². The first-order chi connectivity index (χ1) is 11.1. The molecule has 7 heteroatoms. The first-order valence-corrected chi connectivity index (χ1v) is 8.78. The van der Waals surface area contributed by atoms with E-state index in [2.05, 4.69) is 36.1 Å². The molecule has 130 valence electrons. The van der Waals surface area contributed by atoms with E-state index in [1.54, 1.807) is 17.8 Å². The van der Waals surface area contributed by atoms with Crippen LogP contribution in [0.15, 0.2) is 6.20 Å². The third kappa shape index (κ3) is 5.82. The molecule has 1 rings (SSSR count). The van der Waals surface area contributed by atoms with E-state index in [4.69, 9.17) is 17.0 Å². The van der Waals surface area contributed by atoms with Gasteiger partial charge in [-0.2, -0.15) is 5.10 Å². The van der Waals surface area contributed by atoms with E-state index in [-0.39, 0.29) is 5.97 Å². The number of nitrogens with zero attached hydrogens (tertiary/aromatic N) is 3. The molecule has 1 aromatic heterocycles. The molecule has 0 atom stereocenters. The fourth-order valence-corrected chi connectivity index (χ4v) is 2.53. The summed E-state index contributed by atoms with van der Waals surface area (Å²) < 4.78 is 6.86. The molecule has 0 aliphatic rings. The quantitative estimate of drug-likeness (QED) is 0.550. The van der Waals surface area contributed by atoms with Crippen molar-refractivity contribution in [1.29, 1.82) is 0 Å². The molecule has 6 nitrogen and oxygen atoms in total. The van der Waals surface area contributed by atoms with Crippen LogP contribution in [-0.4, -0.2) is 45.5 Å². The highest BCUT2D eigenvalue weighted by molar-refractivity contribution is 7.80. The molecule has 1 aromatic rings. The number of ether oxygens (including phenoxy) is 1. The maximum absolute atomic E-state index is 12.1. The molecule has 0 saturated carbocycles. The second kappa shape index (κ2) is 10.2. The molecule has 0 aromatic carbocycles. The number of hydrogen-bond acceptors (Lipinski definition) is 4. The van der Waals surface area contributed by atoms with Crippen LogP contribution in [0.1, 0.15) is 57.3 Å². The van der Waals surface area contributed by atoms with Gasteiger partial charge in [0.1, 0.15) is 5.56 Å². The third-order valence-corrected chi connectivity index (χ3v) is 3.57. The molecule has 1 heterocycles. The molecule has 1 N–H and O–H groups in total. The Bertz CT molecular complexity index is 510. The molecule has 0 bridgehead atoms. The lowest BCUT2D eigenvalue weighted by Gasteiger charge is -2.24. The summed E-state index contributed by atoms with van der Waals surface area (Å²) in [6, 6.07) is 0. The monoisotopic (exact) mass is 340 g/mol. The van der Waals surface area contributed by atoms with Crippen LogP contribution in [0.3, 0.4) is 0 Å². The van der Waals surface area contributed by atoms with Gasteiger partial charge < -0.3 is 15.0 Å². The fourth-order valence-electron chi connectivity index (χ4n) is 2.25. The SMILES string of the molecule is CCCN(CCC)C(=S)Nc1nn(CCC)cc1C(=O)OCC. The zero-order chi connectivity index (χ0) is 17.2. The van der Waals surface area contributed by atoms with Gasteiger partial charge >= 0.3 is 5.97 Å². The summed E-state index contributed by atoms with van der Waals surface area (Å²) in [5.41, 5.74) is 0.426. The summed E-state index contributed by atoms with van der Waals surface area (Å²) in [7, 11) is 0. The Balaban J connectivity index is 2.95. The van der Waals surface area contributed by atoms with Gasteiger partial charge in [0.2, 0.25) is 0 Å². The zero-order valence-corrected chi connectivity index (χ0v) is 15.4. The average Bonchev–Trinajstić information content (AvgIpc) is 2.90. The number of carbonyl (C=O) groups is 1. The minimum absolute atomic E-state index is 0.333. The number of anilines is 1. The largest absolute Gasteiger partial charge is 0.462 e. The Labute approximate surface area is 144 Å². The van der Waals surface area contributed by atoms with Crippen LogP contribution < -0.4 is 5.32 Å². The van der Waals surface area contributed by atoms with Gasteiger partial charge in [-0.25, -0.2) is 4.79 Å². The molecule has 0 amide bonds. The van der Waals surface area contributed by atoms with E-state index in [0.29, 0.717) is 23.1 Å². The molecular formula is C16H28N4O2S. The van der Waals surface area contributed by atoms with Gasteiger partial charge in [0.05, 0.1) is 6.61 Å². The van der Waals surface area contributed by atoms with Crippen LogP contribution in [0.2, 0.25) is 0 Å². The van der Waals surface area contributed by atoms with Crippen molar-refractivity contribution < 1.29 is 9.53 Å². The Hall–Kier alpha value is -1.63. The Morgan fingerprint density at radius 3 is 2.43 bits per heavy atom. The molecule has 0 saturated heterocycles. The first-order valence-electron chi connectivity index (χ1n) is 8.37. The van der Waals surface area contributed by atoms with Crippen LogP contribution in [0, 0.1) is 0 Å². The minimum atomic E-state index is -0.377. The molecular weight excluding hydrogens is 312 g/mol. The predicted molar refractivity (Wildman–Crippen MR) is 96.9 cm³/mol. The number of aryl methyl sites for hydroxylation is 1. The van der Waals surface area contributed by atoms with Gasteiger partial charge in [0.25, 0.3) is 0 Å². The van der Waals surface area contributed by atoms with E-state index in [1.807, 2.05) is 0 Å². The van der Waals surface area contributed by atoms with E-state index in [9.17, 15) is 4.79 Å². The van der Waals surface area contributed by atoms with Gasteiger partial charge in [0, 0.05) is 25.8 Å². The number of carbonyl (C=O) groups excluding carboxylic acids is 1. The zero-order valence-electron chi connectivity index (χ0n) is 14.6. The number of rotatable bonds is 9. The maximum Gasteiger partial charge on any atom is 0.343 e. The lowest BCUT2D eigenvalue weighted by atomic mass is 10.3. The Kier molecular flexibility index (Phi) is 8.61. The summed E-state index contributed by atoms with van der Waals surface area (Å²) in [4.78, 5) is 14.2. The van der Waals surface area contributed by atoms with Gasteiger partial charge in [-0.05, 0) is 38.4 Å². The van der Waals surface area contributed by atoms with Crippen molar-refractivity contribution >= 4 is 29.1 Å². The minimum Gasteiger partial charge on any atom is -0.462 e. The van der Waals surface area contributed by atoms with Gasteiger partial charge in [0.15, 0.2) is 10.9 Å². The average molecular weight is 340 g/mol. The van der Waals surface area contributed by atoms with E-state index < -0.39 is 0 Å². The Morgan fingerprint density at radius 2 is 1.91 bits per heavy atom. The van der Waals surface area contributed by atoms with Crippen LogP contribution in [0.4, 0.5) is 5.82 Å². The molecule has 0 spiro atoms. The molecule has 0 radical (unpaired) electrons. The fraction of sp³-hybridized carbons (Fsp3) is 0.688. The van der Waals surface area contributed by atoms with E-state index in [0.717, 1.165) is 38.9 Å². The third-order valence-electron chi connectivity index (χ3n) is 3.21. The summed E-state index contributed by atoms with van der Waals surface area (Å²) in [6.45, 7) is 10.9. The highest BCUT2D eigenvalue weighted by Crippen LogP contribution is 2.16. The summed E-state index contributed by atoms with van der Waals surface area (Å²) in [5, 5.41) is 8.16. The van der Waals surface area contributed by atoms with Crippen molar-refractivity contribution in [3.63, 3.8) is 0 Å². The highest BCUT2D eigenvalue weighted by atomic mass is 32.1. The van der Waals surface area contributed by atoms with Crippen LogP contribution >= 0.6 is 12.2 Å². The van der Waals surface area contributed by atoms with Gasteiger partial charge in [-0.1, -0.05) is 20.8 Å². The van der Waals surface area contributed by atoms with Crippen molar-refractivity contribution in [2.45, 2.75) is 53.5 Å². The van der Waals surface area contributed by atoms with Crippen molar-refractivity contribution in [1.82, 2.24) is 14.7 Å². The maximum atomic E-state index is 12.1. The first kappa shape index (κ1) is 19.4. The number of thiocarbonyl (C=S) groups is 1. The van der Waals surface area contributed by atoms with Gasteiger partial charge in [-0.15, -0.1) is 0 Å². The second-order valence-electron chi connectivity index (χ2n) is 5.29. The molecule has 23 heavy (non-hydrogen) atoms. The standard InChI is InChI=1S/C16H28N4O2S/c1-5-9-19(10-6-2)16(23)17-14-13(15(21)22-8-4)12-20(18-14)11-7-3/h12H,5-11H2,1-4H3,(H,17,18,23). The van der Waals surface area contributed by atoms with Crippen molar-refractivity contribution in [3.8, 4) is 0 Å². The number of hydrogen-bond donors (Lipinski definition) is 1. The highest BCUT2D eigenvalue weighted by Gasteiger charge is 2.19. The van der Waals surface area contributed by atoms with Crippen LogP contribution in [0.25, 0.3) is 0 Å². The lowest BCUT2D eigenvalue weighted by molar-refractivity contribution is 0.0527. The normalized spacial score (nSPS) is 10.4. The van der Waals surface area contributed by atoms with Crippen molar-refractivity contribution in [2.24, 2.45) is 0 Å². The molecule has 0 aliphatic carbocycles. The van der Waals surface area contributed by atoms with Crippen LogP contribution in [0.5, 0.6) is 0 Å². The lowest BCUT2D eigenvalue weighted by Crippen LogP contribution is -2.36. The summed E-state index contributed by atoms with van der Waals surface area (Å²) in [6.07, 6.45) is 4.68. The molecule has 0 aliphatic heterocycles. The summed E-state index contributed by atoms with van der Waals surface area (Å²) in [5.74, 6) is 0.0943. The van der Waals surface area contributed by atoms with E-state index >= 15 is 0 Å². The Morgan fingerprint density at radius 1 is 1.26 bits per heavy atom. The number of aromatic nitrogens is 2. The topological polar surface area (TPSA) is 59.4 Å². The number of esters is 1. The second-order valence-corrected chi connectivity index (χ2v) is 5.68. The smallest absolute Gasteiger partial charge is 0.343 e. The van der Waals surface area contributed by atoms with Crippen molar-refractivity contribution in [3.05, 3.63) is 11.8 Å². The number of nitrogens with one attached hydrogen (secondary N) is 1. The summed E-state index contributed by atoms with van der Waals surface area (Å²) >= 11 is 5.49.